The number of fused-ring (bicyclic) bond motifs is 4. The Morgan fingerprint density at radius 2 is 0.822 bits per heavy atom. The van der Waals surface area contributed by atoms with Crippen molar-refractivity contribution < 1.29 is 51.8 Å². The van der Waals surface area contributed by atoms with Gasteiger partial charge in [-0.25, -0.2) is 4.98 Å². The predicted molar refractivity (Wildman–Crippen MR) is 422 cm³/mol. The summed E-state index contributed by atoms with van der Waals surface area (Å²) in [5.41, 5.74) is -7.76. The number of rotatable bonds is 13. The van der Waals surface area contributed by atoms with E-state index in [9.17, 15) is 24.7 Å². The molecule has 16 aromatic rings. The molecule has 5 nitrogen and oxygen atoms in total. The van der Waals surface area contributed by atoms with E-state index in [1.807, 2.05) is 65.2 Å². The predicted octanol–water partition coefficient (Wildman–Crippen LogP) is 25.2. The molecule has 0 spiro atoms. The van der Waals surface area contributed by atoms with E-state index in [2.05, 4.69) is 74.7 Å². The first-order valence-corrected chi connectivity index (χ1v) is 32.6. The molecule has 0 radical (unpaired) electrons. The molecule has 490 valence electrons. The molecular weight excluding hydrogens is 1230 g/mol. The van der Waals surface area contributed by atoms with Crippen LogP contribution in [0.15, 0.2) is 321 Å². The molecule has 13 aromatic carbocycles. The molecule has 0 amide bonds. The lowest BCUT2D eigenvalue weighted by Gasteiger charge is -2.26. The van der Waals surface area contributed by atoms with Crippen molar-refractivity contribution in [3.8, 4) is 118 Å². The molecule has 0 bridgehead atoms. The molecule has 0 aliphatic carbocycles. The minimum Gasteiger partial charge on any atom is -0.458 e. The molecule has 3 aromatic heterocycles. The summed E-state index contributed by atoms with van der Waals surface area (Å²) < 4.78 is 308. The number of hydrogen-bond donors (Lipinski definition) is 0. The van der Waals surface area contributed by atoms with E-state index >= 15 is 0 Å². The van der Waals surface area contributed by atoms with Gasteiger partial charge in [0.25, 0.3) is 6.33 Å². The molecule has 0 aliphatic rings. The zero-order valence-electron chi connectivity index (χ0n) is 87.4. The Kier molecular flexibility index (Phi) is 9.65. The highest BCUT2D eigenvalue weighted by Gasteiger charge is 2.27. The zero-order valence-corrected chi connectivity index (χ0v) is 56.4. The number of benzene rings is 13. The minimum absolute atomic E-state index is 0.00675. The average Bonchev–Trinajstić information content (AvgIpc) is 1.10. The lowest BCUT2D eigenvalue weighted by molar-refractivity contribution is -0.571. The number of hydrogen-bond acceptors (Lipinski definition) is 2. The second-order valence-corrected chi connectivity index (χ2v) is 27.5. The summed E-state index contributed by atoms with van der Waals surface area (Å²) in [4.78, 5) is 4.88. The third-order valence-electron chi connectivity index (χ3n) is 17.6. The summed E-state index contributed by atoms with van der Waals surface area (Å²) >= 11 is 0. The fourth-order valence-electron chi connectivity index (χ4n) is 12.4. The second kappa shape index (κ2) is 25.7. The molecule has 0 saturated heterocycles. The molecular formula is C96H80N4O. The van der Waals surface area contributed by atoms with Gasteiger partial charge in [0.2, 0.25) is 0 Å². The molecule has 0 unspecified atom stereocenters. The quantitative estimate of drug-likeness (QED) is 0.0852. The first-order chi connectivity index (χ1) is 61.8. The fourth-order valence-corrected chi connectivity index (χ4v) is 12.4. The Labute approximate surface area is 637 Å². The van der Waals surface area contributed by atoms with Crippen molar-refractivity contribution in [2.24, 2.45) is 0 Å². The van der Waals surface area contributed by atoms with Gasteiger partial charge in [-0.3, -0.25) is 13.7 Å². The number of aromatic nitrogens is 4. The van der Waals surface area contributed by atoms with Gasteiger partial charge in [-0.1, -0.05) is 268 Å². The highest BCUT2D eigenvalue weighted by atomic mass is 16.5. The van der Waals surface area contributed by atoms with Crippen LogP contribution in [0.1, 0.15) is 121 Å². The van der Waals surface area contributed by atoms with Gasteiger partial charge in [0.05, 0.1) is 75.9 Å². The summed E-state index contributed by atoms with van der Waals surface area (Å²) in [6.07, 6.45) is 5.24. The number of imidazole rings is 1. The van der Waals surface area contributed by atoms with Crippen molar-refractivity contribution >= 4 is 32.8 Å². The number of para-hydroxylation sites is 1. The molecule has 3 heterocycles. The van der Waals surface area contributed by atoms with Crippen molar-refractivity contribution in [1.82, 2.24) is 14.1 Å². The third-order valence-corrected chi connectivity index (χ3v) is 17.6. The van der Waals surface area contributed by atoms with E-state index in [1.165, 1.54) is 4.57 Å². The van der Waals surface area contributed by atoms with E-state index in [-0.39, 0.29) is 27.9 Å². The van der Waals surface area contributed by atoms with Crippen LogP contribution >= 0.6 is 0 Å². The second-order valence-electron chi connectivity index (χ2n) is 27.5. The van der Waals surface area contributed by atoms with Crippen LogP contribution in [0, 0.1) is 6.33 Å². The molecule has 0 atom stereocenters. The first-order valence-electron chi connectivity index (χ1n) is 48.1. The van der Waals surface area contributed by atoms with Crippen LogP contribution in [-0.2, 0) is 16.2 Å². The lowest BCUT2D eigenvalue weighted by atomic mass is 9.79. The Balaban J connectivity index is 1.14. The Morgan fingerprint density at radius 3 is 1.34 bits per heavy atom. The Bertz CT molecular complexity index is 7170. The van der Waals surface area contributed by atoms with Gasteiger partial charge in [0.1, 0.15) is 17.3 Å². The summed E-state index contributed by atoms with van der Waals surface area (Å²) in [7, 11) is 0. The largest absolute Gasteiger partial charge is 0.458 e. The minimum atomic E-state index is -1.14. The van der Waals surface area contributed by atoms with Crippen LogP contribution in [0.5, 0.6) is 11.5 Å². The van der Waals surface area contributed by atoms with E-state index in [0.29, 0.717) is 22.7 Å². The van der Waals surface area contributed by atoms with E-state index < -0.39 is 282 Å². The summed E-state index contributed by atoms with van der Waals surface area (Å²) in [6.45, 7) is 18.7. The third kappa shape index (κ3) is 12.7. The highest BCUT2D eigenvalue weighted by molar-refractivity contribution is 6.09. The highest BCUT2D eigenvalue weighted by Crippen LogP contribution is 2.45. The molecule has 0 aliphatic heterocycles. The topological polar surface area (TPSA) is 35.9 Å². The van der Waals surface area contributed by atoms with E-state index in [0.717, 1.165) is 50.6 Å². The zero-order chi connectivity index (χ0) is 96.1. The van der Waals surface area contributed by atoms with Gasteiger partial charge in [-0.15, -0.1) is 0 Å². The molecule has 5 heteroatoms. The first kappa shape index (κ1) is 37.9. The van der Waals surface area contributed by atoms with E-state index in [4.69, 9.17) is 27.5 Å². The SMILES string of the molecule is [2H]c1c([2H])c([2H])c(-c2cc(-c3c([2H])c(-c4c([2H])c([2H])c([2H])c([2H])c4[2H])c([2H])c(-c4c([2H])c([2H])c([2H])c([2H])c4[2H])c3[2H])c(-[n+]3[c-]n(-c4cccc(Oc5ccc6c7ccccc7n(-c7cc(C(C)(C)C)ccn7)c6c5)c4)c4cc(-c5cc(C(C)(C)C)cc(C(C)(C)C)c5)ccc43)c(-c3c([2H])c(-c4c([2H])c([2H])c([2H])c([2H])c4[2H])c([2H])c(-c4c([2H])c([2H])c([2H])c([2H])c4[2H])c3[2H])c2)c([2H])c1[2H]. The maximum Gasteiger partial charge on any atom is 0.269 e. The van der Waals surface area contributed by atoms with Crippen LogP contribution in [0.4, 0.5) is 0 Å². The van der Waals surface area contributed by atoms with Crippen LogP contribution in [0.2, 0.25) is 0 Å². The van der Waals surface area contributed by atoms with Crippen molar-refractivity contribution in [2.45, 2.75) is 78.6 Å². The fraction of sp³-hybridized carbons (Fsp3) is 0.125. The van der Waals surface area contributed by atoms with Gasteiger partial charge >= 0.3 is 0 Å². The average molecular weight is 1340 g/mol. The van der Waals surface area contributed by atoms with Crippen LogP contribution in [-0.4, -0.2) is 14.1 Å². The smallest absolute Gasteiger partial charge is 0.269 e. The van der Waals surface area contributed by atoms with Gasteiger partial charge in [0.15, 0.2) is 0 Å². The van der Waals surface area contributed by atoms with Crippen molar-refractivity contribution in [3.05, 3.63) is 344 Å². The summed E-state index contributed by atoms with van der Waals surface area (Å²) in [6, 6.07) is 5.37. The summed E-state index contributed by atoms with van der Waals surface area (Å²) in [5.74, 6) is 1.19. The maximum absolute atomic E-state index is 10.9. The number of nitrogens with zero attached hydrogens (tertiary/aromatic N) is 4. The molecule has 16 rings (SSSR count). The maximum atomic E-state index is 10.9. The molecule has 0 fully saturated rings. The summed E-state index contributed by atoms with van der Waals surface area (Å²) in [5, 5.41) is 1.79. The van der Waals surface area contributed by atoms with Crippen LogP contribution in [0.25, 0.3) is 139 Å². The monoisotopic (exact) mass is 1340 g/mol. The van der Waals surface area contributed by atoms with Gasteiger partial charge in [0, 0.05) is 23.0 Å². The van der Waals surface area contributed by atoms with Crippen molar-refractivity contribution in [3.63, 3.8) is 0 Å². The molecule has 101 heavy (non-hydrogen) atoms. The van der Waals surface area contributed by atoms with Gasteiger partial charge in [-0.2, -0.15) is 0 Å². The van der Waals surface area contributed by atoms with E-state index in [1.54, 1.807) is 59.3 Å². The van der Waals surface area contributed by atoms with Crippen molar-refractivity contribution in [2.75, 3.05) is 0 Å². The Morgan fingerprint density at radius 1 is 0.356 bits per heavy atom. The Hall–Kier alpha value is -11.9. The standard InChI is InChI=1S/C96H80N4O/c1-94(2,3)78-46-47-97-92(60-78)100-88-41-26-25-40-84(88)85-44-43-83(62-90(85)100)101-82-39-27-38-81(61-82)98-63-99(89-45-42-69(58-91(89)98)74-54-79(95(4,5)6)59-80(55-74)96(7,8)9)93-86(76-50-70(64-28-15-10-16-29-64)48-71(51-76)65-30-17-11-18-31-65)56-75(68-36-23-14-24-37-68)57-87(93)77-52-72(66-32-19-12-20-33-66)49-73(53-77)67-34-21-13-22-35-67/h10-62H,1-9H3/i10D,11D,12D,13D,14D,15D,16D,17D,18D,19D,20D,21D,22D,23D,24D,28D,29D,30D,31D,32D,33D,34D,35D,36D,37D,48D,49D,50D,51D,52D,53D. The van der Waals surface area contributed by atoms with Crippen LogP contribution < -0.4 is 9.30 Å². The normalized spacial score (nSPS) is 16.3. The number of pyridine rings is 1. The van der Waals surface area contributed by atoms with Gasteiger partial charge in [-0.05, 0) is 225 Å². The molecule has 0 N–H and O–H groups in total. The van der Waals surface area contributed by atoms with Crippen LogP contribution in [0.3, 0.4) is 0 Å². The molecule has 0 saturated carbocycles. The lowest BCUT2D eigenvalue weighted by Crippen LogP contribution is -2.31. The van der Waals surface area contributed by atoms with Crippen molar-refractivity contribution in [1.29, 1.82) is 0 Å². The van der Waals surface area contributed by atoms with Gasteiger partial charge < -0.3 is 4.74 Å². The number of ether oxygens (including phenoxy) is 1.